The van der Waals surface area contributed by atoms with Gasteiger partial charge in [-0.2, -0.15) is 0 Å². The van der Waals surface area contributed by atoms with Crippen molar-refractivity contribution in [2.75, 3.05) is 0 Å². The molecular formula is C20H14BrNO2. The van der Waals surface area contributed by atoms with E-state index in [-0.39, 0.29) is 10.6 Å². The van der Waals surface area contributed by atoms with Crippen molar-refractivity contribution in [2.24, 2.45) is 0 Å². The molecule has 0 aliphatic carbocycles. The molecule has 0 amide bonds. The van der Waals surface area contributed by atoms with Crippen LogP contribution in [-0.2, 0) is 0 Å². The van der Waals surface area contributed by atoms with Gasteiger partial charge in [0.2, 0.25) is 0 Å². The second-order valence-corrected chi connectivity index (χ2v) is 6.20. The molecule has 3 aromatic carbocycles. The summed E-state index contributed by atoms with van der Waals surface area (Å²) < 4.78 is 1.02. The number of hydrogen-bond donors (Lipinski definition) is 0. The van der Waals surface area contributed by atoms with Crippen molar-refractivity contribution in [1.29, 1.82) is 0 Å². The molecule has 0 atom stereocenters. The molecule has 3 aromatic rings. The Morgan fingerprint density at radius 1 is 0.833 bits per heavy atom. The van der Waals surface area contributed by atoms with Gasteiger partial charge in [0, 0.05) is 16.6 Å². The van der Waals surface area contributed by atoms with E-state index in [1.165, 1.54) is 12.1 Å². The molecule has 0 saturated heterocycles. The highest BCUT2D eigenvalue weighted by Crippen LogP contribution is 2.27. The topological polar surface area (TPSA) is 43.1 Å². The quantitative estimate of drug-likeness (QED) is 0.319. The van der Waals surface area contributed by atoms with E-state index < -0.39 is 0 Å². The molecule has 24 heavy (non-hydrogen) atoms. The van der Waals surface area contributed by atoms with E-state index in [1.54, 1.807) is 12.1 Å². The van der Waals surface area contributed by atoms with Crippen LogP contribution >= 0.6 is 15.9 Å². The second kappa shape index (κ2) is 7.23. The van der Waals surface area contributed by atoms with E-state index in [1.807, 2.05) is 48.5 Å². The van der Waals surface area contributed by atoms with Gasteiger partial charge in [-0.1, -0.05) is 58.4 Å². The van der Waals surface area contributed by atoms with Gasteiger partial charge in [-0.15, -0.1) is 0 Å². The van der Waals surface area contributed by atoms with Crippen molar-refractivity contribution in [1.82, 2.24) is 0 Å². The van der Waals surface area contributed by atoms with Gasteiger partial charge in [-0.25, -0.2) is 0 Å². The molecule has 0 unspecified atom stereocenters. The standard InChI is InChI=1S/C20H14BrNO2/c21-18-10-8-17(9-11-18)20(16-4-2-1-3-5-16)14-15-6-12-19(13-7-15)22(23)24/h1-14H/b20-14+. The van der Waals surface area contributed by atoms with E-state index in [4.69, 9.17) is 0 Å². The van der Waals surface area contributed by atoms with Gasteiger partial charge in [0.25, 0.3) is 5.69 Å². The van der Waals surface area contributed by atoms with E-state index in [2.05, 4.69) is 28.1 Å². The first-order chi connectivity index (χ1) is 11.6. The summed E-state index contributed by atoms with van der Waals surface area (Å²) in [7, 11) is 0. The molecule has 0 heterocycles. The van der Waals surface area contributed by atoms with Gasteiger partial charge in [-0.05, 0) is 52.6 Å². The maximum Gasteiger partial charge on any atom is 0.269 e. The Balaban J connectivity index is 2.07. The molecule has 0 bridgehead atoms. The number of benzene rings is 3. The maximum absolute atomic E-state index is 10.8. The predicted molar refractivity (Wildman–Crippen MR) is 101 cm³/mol. The van der Waals surface area contributed by atoms with Gasteiger partial charge in [0.05, 0.1) is 4.92 Å². The average molecular weight is 380 g/mol. The lowest BCUT2D eigenvalue weighted by atomic mass is 9.96. The van der Waals surface area contributed by atoms with Crippen LogP contribution in [0, 0.1) is 10.1 Å². The van der Waals surface area contributed by atoms with Crippen molar-refractivity contribution in [2.45, 2.75) is 0 Å². The first-order valence-corrected chi connectivity index (χ1v) is 8.20. The molecule has 0 spiro atoms. The third kappa shape index (κ3) is 3.78. The third-order valence-corrected chi connectivity index (χ3v) is 4.18. The Morgan fingerprint density at radius 2 is 1.42 bits per heavy atom. The first-order valence-electron chi connectivity index (χ1n) is 7.41. The number of non-ortho nitro benzene ring substituents is 1. The van der Waals surface area contributed by atoms with Crippen LogP contribution in [0.3, 0.4) is 0 Å². The number of halogens is 1. The smallest absolute Gasteiger partial charge is 0.258 e. The van der Waals surface area contributed by atoms with Crippen LogP contribution in [0.2, 0.25) is 0 Å². The largest absolute Gasteiger partial charge is 0.269 e. The normalized spacial score (nSPS) is 11.3. The summed E-state index contributed by atoms with van der Waals surface area (Å²) in [6.45, 7) is 0. The fourth-order valence-corrected chi connectivity index (χ4v) is 2.70. The Morgan fingerprint density at radius 3 is 2.00 bits per heavy atom. The van der Waals surface area contributed by atoms with Gasteiger partial charge in [-0.3, -0.25) is 10.1 Å². The molecule has 0 N–H and O–H groups in total. The number of nitrogens with zero attached hydrogens (tertiary/aromatic N) is 1. The Hall–Kier alpha value is -2.72. The Kier molecular flexibility index (Phi) is 4.87. The zero-order valence-electron chi connectivity index (χ0n) is 12.7. The van der Waals surface area contributed by atoms with Crippen LogP contribution in [0.25, 0.3) is 11.6 Å². The number of nitro groups is 1. The molecule has 118 valence electrons. The molecular weight excluding hydrogens is 366 g/mol. The first kappa shape index (κ1) is 16.1. The lowest BCUT2D eigenvalue weighted by molar-refractivity contribution is -0.384. The van der Waals surface area contributed by atoms with Crippen molar-refractivity contribution >= 4 is 33.3 Å². The molecule has 3 rings (SSSR count). The minimum atomic E-state index is -0.389. The van der Waals surface area contributed by atoms with E-state index in [0.29, 0.717) is 0 Å². The highest BCUT2D eigenvalue weighted by molar-refractivity contribution is 9.10. The van der Waals surface area contributed by atoms with Crippen LogP contribution in [0.1, 0.15) is 16.7 Å². The zero-order valence-corrected chi connectivity index (χ0v) is 14.3. The number of rotatable bonds is 4. The maximum atomic E-state index is 10.8. The van der Waals surface area contributed by atoms with Crippen LogP contribution in [-0.4, -0.2) is 4.92 Å². The summed E-state index contributed by atoms with van der Waals surface area (Å²) in [4.78, 5) is 10.4. The van der Waals surface area contributed by atoms with Crippen molar-refractivity contribution < 1.29 is 4.92 Å². The summed E-state index contributed by atoms with van der Waals surface area (Å²) in [6.07, 6.45) is 2.04. The Labute approximate surface area is 148 Å². The van der Waals surface area contributed by atoms with Crippen molar-refractivity contribution in [3.8, 4) is 0 Å². The Bertz CT molecular complexity index is 870. The fourth-order valence-electron chi connectivity index (χ4n) is 2.44. The molecule has 0 aliphatic heterocycles. The summed E-state index contributed by atoms with van der Waals surface area (Å²) in [5.41, 5.74) is 4.26. The van der Waals surface area contributed by atoms with Crippen molar-refractivity contribution in [3.05, 3.63) is 110 Å². The summed E-state index contributed by atoms with van der Waals surface area (Å²) >= 11 is 3.46. The monoisotopic (exact) mass is 379 g/mol. The lowest BCUT2D eigenvalue weighted by Crippen LogP contribution is -1.89. The van der Waals surface area contributed by atoms with Crippen LogP contribution in [0.5, 0.6) is 0 Å². The summed E-state index contributed by atoms with van der Waals surface area (Å²) in [5.74, 6) is 0. The van der Waals surface area contributed by atoms with Gasteiger partial charge in [0.15, 0.2) is 0 Å². The molecule has 0 radical (unpaired) electrons. The molecule has 4 heteroatoms. The highest BCUT2D eigenvalue weighted by Gasteiger charge is 2.07. The van der Waals surface area contributed by atoms with Gasteiger partial charge in [0.1, 0.15) is 0 Å². The second-order valence-electron chi connectivity index (χ2n) is 5.28. The van der Waals surface area contributed by atoms with Gasteiger partial charge < -0.3 is 0 Å². The van der Waals surface area contributed by atoms with E-state index >= 15 is 0 Å². The summed E-state index contributed by atoms with van der Waals surface area (Å²) in [6, 6.07) is 24.8. The number of hydrogen-bond acceptors (Lipinski definition) is 2. The van der Waals surface area contributed by atoms with Gasteiger partial charge >= 0.3 is 0 Å². The van der Waals surface area contributed by atoms with Crippen LogP contribution in [0.4, 0.5) is 5.69 Å². The zero-order chi connectivity index (χ0) is 16.9. The van der Waals surface area contributed by atoms with E-state index in [0.717, 1.165) is 26.7 Å². The predicted octanol–water partition coefficient (Wildman–Crippen LogP) is 5.95. The average Bonchev–Trinajstić information content (AvgIpc) is 2.62. The number of nitro benzene ring substituents is 1. The highest BCUT2D eigenvalue weighted by atomic mass is 79.9. The lowest BCUT2D eigenvalue weighted by Gasteiger charge is -2.09. The van der Waals surface area contributed by atoms with E-state index in [9.17, 15) is 10.1 Å². The third-order valence-electron chi connectivity index (χ3n) is 3.65. The SMILES string of the molecule is O=[N+]([O-])c1ccc(/C=C(\c2ccccc2)c2ccc(Br)cc2)cc1. The summed E-state index contributed by atoms with van der Waals surface area (Å²) in [5, 5.41) is 10.8. The molecule has 3 nitrogen and oxygen atoms in total. The van der Waals surface area contributed by atoms with Crippen LogP contribution < -0.4 is 0 Å². The molecule has 0 saturated carbocycles. The molecule has 0 fully saturated rings. The molecule has 0 aliphatic rings. The van der Waals surface area contributed by atoms with Crippen LogP contribution in [0.15, 0.2) is 83.3 Å². The minimum Gasteiger partial charge on any atom is -0.258 e. The minimum absolute atomic E-state index is 0.0945. The molecule has 0 aromatic heterocycles. The fraction of sp³-hybridized carbons (Fsp3) is 0. The van der Waals surface area contributed by atoms with Crippen molar-refractivity contribution in [3.63, 3.8) is 0 Å².